The summed E-state index contributed by atoms with van der Waals surface area (Å²) < 4.78 is 4.85. The van der Waals surface area contributed by atoms with Crippen molar-refractivity contribution in [3.8, 4) is 0 Å². The minimum Gasteiger partial charge on any atom is -0.383 e. The lowest BCUT2D eigenvalue weighted by Gasteiger charge is -2.06. The molecule has 0 rings (SSSR count). The molecule has 10 heavy (non-hydrogen) atoms. The highest BCUT2D eigenvalue weighted by Gasteiger charge is 1.97. The Labute approximate surface area is 67.9 Å². The van der Waals surface area contributed by atoms with Crippen molar-refractivity contribution in [1.82, 2.24) is 5.32 Å². The molecule has 0 aromatic rings. The largest absolute Gasteiger partial charge is 0.383 e. The van der Waals surface area contributed by atoms with Gasteiger partial charge in [0.1, 0.15) is 0 Å². The fraction of sp³-hybridized carbons (Fsp3) is 1.00. The monoisotopic (exact) mass is 165 g/mol. The Morgan fingerprint density at radius 3 is 2.80 bits per heavy atom. The van der Waals surface area contributed by atoms with Crippen LogP contribution in [0.15, 0.2) is 0 Å². The van der Waals surface area contributed by atoms with Crippen LogP contribution in [0.4, 0.5) is 0 Å². The number of halogens is 1. The average Bonchev–Trinajstić information content (AvgIpc) is 1.98. The molecule has 0 fully saturated rings. The quantitative estimate of drug-likeness (QED) is 0.473. The van der Waals surface area contributed by atoms with Crippen LogP contribution < -0.4 is 5.32 Å². The first-order valence-corrected chi connectivity index (χ1v) is 4.08. The van der Waals surface area contributed by atoms with Crippen molar-refractivity contribution in [2.45, 2.75) is 18.7 Å². The second kappa shape index (κ2) is 7.32. The van der Waals surface area contributed by atoms with Crippen molar-refractivity contribution >= 4 is 11.6 Å². The second-order valence-corrected chi connectivity index (χ2v) is 2.82. The van der Waals surface area contributed by atoms with Gasteiger partial charge in [-0.05, 0) is 6.42 Å². The Bertz CT molecular complexity index is 70.6. The molecule has 0 heterocycles. The summed E-state index contributed by atoms with van der Waals surface area (Å²) in [6.07, 6.45) is 1.02. The summed E-state index contributed by atoms with van der Waals surface area (Å²) in [7, 11) is 1.69. The molecule has 3 heteroatoms. The molecule has 0 aliphatic heterocycles. The van der Waals surface area contributed by atoms with Crippen molar-refractivity contribution in [2.24, 2.45) is 0 Å². The first-order chi connectivity index (χ1) is 4.81. The highest BCUT2D eigenvalue weighted by atomic mass is 35.5. The lowest BCUT2D eigenvalue weighted by molar-refractivity contribution is 0.199. The highest BCUT2D eigenvalue weighted by Crippen LogP contribution is 1.97. The molecule has 0 saturated carbocycles. The minimum absolute atomic E-state index is 0.261. The Hall–Kier alpha value is 0.210. The molecule has 1 unspecified atom stereocenters. The van der Waals surface area contributed by atoms with E-state index in [1.807, 2.05) is 0 Å². The summed E-state index contributed by atoms with van der Waals surface area (Å²) in [5, 5.41) is 3.44. The zero-order valence-corrected chi connectivity index (χ0v) is 7.45. The minimum atomic E-state index is 0.261. The maximum Gasteiger partial charge on any atom is 0.0587 e. The summed E-state index contributed by atoms with van der Waals surface area (Å²) in [5.74, 6) is 0. The summed E-state index contributed by atoms with van der Waals surface area (Å²) in [4.78, 5) is 0. The zero-order valence-electron chi connectivity index (χ0n) is 6.69. The van der Waals surface area contributed by atoms with E-state index in [1.54, 1.807) is 7.11 Å². The Morgan fingerprint density at radius 2 is 2.30 bits per heavy atom. The predicted molar refractivity (Wildman–Crippen MR) is 44.7 cm³/mol. The summed E-state index contributed by atoms with van der Waals surface area (Å²) in [6, 6.07) is 0. The van der Waals surface area contributed by atoms with Crippen molar-refractivity contribution in [1.29, 1.82) is 0 Å². The third-order valence-corrected chi connectivity index (χ3v) is 1.75. The van der Waals surface area contributed by atoms with Crippen LogP contribution in [0.2, 0.25) is 0 Å². The molecule has 0 amide bonds. The van der Waals surface area contributed by atoms with E-state index >= 15 is 0 Å². The summed E-state index contributed by atoms with van der Waals surface area (Å²) >= 11 is 5.84. The lowest BCUT2D eigenvalue weighted by Crippen LogP contribution is -2.26. The standard InChI is InChI=1S/C7H16ClNO/c1-3-7(8)6-9-4-5-10-2/h7,9H,3-6H2,1-2H3. The average molecular weight is 166 g/mol. The Balaban J connectivity index is 2.89. The summed E-state index contributed by atoms with van der Waals surface area (Å²) in [6.45, 7) is 4.60. The van der Waals surface area contributed by atoms with Crippen LogP contribution in [0.1, 0.15) is 13.3 Å². The van der Waals surface area contributed by atoms with Crippen molar-refractivity contribution < 1.29 is 4.74 Å². The molecule has 2 nitrogen and oxygen atoms in total. The van der Waals surface area contributed by atoms with Gasteiger partial charge in [-0.3, -0.25) is 0 Å². The van der Waals surface area contributed by atoms with E-state index in [0.717, 1.165) is 26.1 Å². The van der Waals surface area contributed by atoms with Crippen LogP contribution in [0.25, 0.3) is 0 Å². The first-order valence-electron chi connectivity index (χ1n) is 3.65. The SMILES string of the molecule is CCC(Cl)CNCCOC. The number of methoxy groups -OCH3 is 1. The highest BCUT2D eigenvalue weighted by molar-refractivity contribution is 6.20. The first kappa shape index (κ1) is 10.2. The molecule has 0 aromatic heterocycles. The maximum atomic E-state index is 5.84. The molecular weight excluding hydrogens is 150 g/mol. The van der Waals surface area contributed by atoms with Crippen molar-refractivity contribution in [2.75, 3.05) is 26.8 Å². The molecule has 1 N–H and O–H groups in total. The van der Waals surface area contributed by atoms with Crippen molar-refractivity contribution in [3.05, 3.63) is 0 Å². The molecule has 0 aromatic carbocycles. The molecule has 0 saturated heterocycles. The molecule has 0 radical (unpaired) electrons. The van der Waals surface area contributed by atoms with Gasteiger partial charge in [0, 0.05) is 25.6 Å². The fourth-order valence-electron chi connectivity index (χ4n) is 0.577. The van der Waals surface area contributed by atoms with Crippen LogP contribution in [-0.2, 0) is 4.74 Å². The van der Waals surface area contributed by atoms with E-state index in [-0.39, 0.29) is 5.38 Å². The van der Waals surface area contributed by atoms with Gasteiger partial charge in [0.25, 0.3) is 0 Å². The number of ether oxygens (including phenoxy) is 1. The van der Waals surface area contributed by atoms with Gasteiger partial charge < -0.3 is 10.1 Å². The maximum absolute atomic E-state index is 5.84. The van der Waals surface area contributed by atoms with Crippen LogP contribution in [-0.4, -0.2) is 32.2 Å². The normalized spacial score (nSPS) is 13.5. The number of rotatable bonds is 6. The van der Waals surface area contributed by atoms with Gasteiger partial charge in [-0.15, -0.1) is 11.6 Å². The van der Waals surface area contributed by atoms with Crippen LogP contribution in [0, 0.1) is 0 Å². The van der Waals surface area contributed by atoms with E-state index in [9.17, 15) is 0 Å². The number of hydrogen-bond donors (Lipinski definition) is 1. The van der Waals surface area contributed by atoms with Crippen LogP contribution in [0.3, 0.4) is 0 Å². The van der Waals surface area contributed by atoms with Gasteiger partial charge in [0.05, 0.1) is 6.61 Å². The molecule has 0 aliphatic rings. The number of nitrogens with one attached hydrogen (secondary N) is 1. The lowest BCUT2D eigenvalue weighted by atomic mass is 10.3. The van der Waals surface area contributed by atoms with Gasteiger partial charge in [0.15, 0.2) is 0 Å². The Kier molecular flexibility index (Phi) is 7.47. The van der Waals surface area contributed by atoms with Gasteiger partial charge in [-0.1, -0.05) is 6.92 Å². The summed E-state index contributed by atoms with van der Waals surface area (Å²) in [5.41, 5.74) is 0. The molecule has 0 aliphatic carbocycles. The van der Waals surface area contributed by atoms with E-state index in [1.165, 1.54) is 0 Å². The van der Waals surface area contributed by atoms with E-state index in [4.69, 9.17) is 16.3 Å². The molecule has 62 valence electrons. The third-order valence-electron chi connectivity index (χ3n) is 1.29. The second-order valence-electron chi connectivity index (χ2n) is 2.20. The molecule has 0 bridgehead atoms. The Morgan fingerprint density at radius 1 is 1.60 bits per heavy atom. The number of hydrogen-bond acceptors (Lipinski definition) is 2. The predicted octanol–water partition coefficient (Wildman–Crippen LogP) is 1.24. The van der Waals surface area contributed by atoms with E-state index in [0.29, 0.717) is 0 Å². The molecule has 0 spiro atoms. The van der Waals surface area contributed by atoms with E-state index < -0.39 is 0 Å². The van der Waals surface area contributed by atoms with Crippen molar-refractivity contribution in [3.63, 3.8) is 0 Å². The van der Waals surface area contributed by atoms with Crippen LogP contribution >= 0.6 is 11.6 Å². The zero-order chi connectivity index (χ0) is 7.82. The molecule has 1 atom stereocenters. The fourth-order valence-corrected chi connectivity index (χ4v) is 0.686. The topological polar surface area (TPSA) is 21.3 Å². The van der Waals surface area contributed by atoms with E-state index in [2.05, 4.69) is 12.2 Å². The van der Waals surface area contributed by atoms with Crippen LogP contribution in [0.5, 0.6) is 0 Å². The van der Waals surface area contributed by atoms with Gasteiger partial charge in [0.2, 0.25) is 0 Å². The van der Waals surface area contributed by atoms with Gasteiger partial charge in [-0.25, -0.2) is 0 Å². The number of alkyl halides is 1. The van der Waals surface area contributed by atoms with Gasteiger partial charge >= 0.3 is 0 Å². The smallest absolute Gasteiger partial charge is 0.0587 e. The van der Waals surface area contributed by atoms with Gasteiger partial charge in [-0.2, -0.15) is 0 Å². The third kappa shape index (κ3) is 6.33. The molecular formula is C7H16ClNO.